The third-order valence-corrected chi connectivity index (χ3v) is 3.78. The van der Waals surface area contributed by atoms with E-state index in [0.717, 1.165) is 12.5 Å². The molecule has 0 aromatic carbocycles. The zero-order chi connectivity index (χ0) is 13.4. The molecule has 2 bridgehead atoms. The van der Waals surface area contributed by atoms with Crippen LogP contribution in [0.15, 0.2) is 0 Å². The molecule has 1 saturated heterocycles. The molecule has 0 amide bonds. The van der Waals surface area contributed by atoms with Gasteiger partial charge in [-0.15, -0.1) is 0 Å². The van der Waals surface area contributed by atoms with Crippen LogP contribution in [0, 0.1) is 23.7 Å². The second kappa shape index (κ2) is 8.54. The van der Waals surface area contributed by atoms with Crippen LogP contribution in [0.4, 0.5) is 0 Å². The van der Waals surface area contributed by atoms with Gasteiger partial charge in [0.1, 0.15) is 0 Å². The molecule has 3 aliphatic rings. The Morgan fingerprint density at radius 3 is 2.00 bits per heavy atom. The van der Waals surface area contributed by atoms with E-state index in [-0.39, 0.29) is 5.97 Å². The normalized spacial score (nSPS) is 35.3. The maximum atomic E-state index is 11.2. The van der Waals surface area contributed by atoms with Crippen molar-refractivity contribution >= 4 is 5.97 Å². The van der Waals surface area contributed by atoms with E-state index in [0.29, 0.717) is 17.8 Å². The lowest BCUT2D eigenvalue weighted by molar-refractivity contribution is -0.142. The topological polar surface area (TPSA) is 26.3 Å². The van der Waals surface area contributed by atoms with Crippen LogP contribution in [0.5, 0.6) is 0 Å². The van der Waals surface area contributed by atoms with Gasteiger partial charge in [0.05, 0.1) is 12.5 Å². The fourth-order valence-electron chi connectivity index (χ4n) is 3.29. The van der Waals surface area contributed by atoms with Crippen molar-refractivity contribution in [2.75, 3.05) is 6.61 Å². The molecule has 0 N–H and O–H groups in total. The summed E-state index contributed by atoms with van der Waals surface area (Å²) in [5.74, 6) is 2.55. The second-order valence-electron chi connectivity index (χ2n) is 4.15. The highest BCUT2D eigenvalue weighted by molar-refractivity contribution is 5.75. The molecular formula is C15H30O2. The van der Waals surface area contributed by atoms with Crippen molar-refractivity contribution in [2.24, 2.45) is 23.7 Å². The average molecular weight is 242 g/mol. The number of hydrogen-bond acceptors (Lipinski definition) is 2. The molecule has 4 atom stereocenters. The van der Waals surface area contributed by atoms with Crippen molar-refractivity contribution in [2.45, 2.75) is 60.8 Å². The number of esters is 1. The van der Waals surface area contributed by atoms with Gasteiger partial charge in [-0.3, -0.25) is 4.79 Å². The Hall–Kier alpha value is -0.530. The van der Waals surface area contributed by atoms with Gasteiger partial charge in [0, 0.05) is 5.92 Å². The predicted octanol–water partition coefficient (Wildman–Crippen LogP) is 4.28. The first-order valence-electron chi connectivity index (χ1n) is 7.53. The summed E-state index contributed by atoms with van der Waals surface area (Å²) in [5.41, 5.74) is 0. The summed E-state index contributed by atoms with van der Waals surface area (Å²) >= 11 is 0. The van der Waals surface area contributed by atoms with E-state index in [1.54, 1.807) is 0 Å². The third-order valence-electron chi connectivity index (χ3n) is 3.78. The molecule has 2 aliphatic carbocycles. The summed E-state index contributed by atoms with van der Waals surface area (Å²) in [7, 11) is 0. The molecule has 3 rings (SSSR count). The van der Waals surface area contributed by atoms with Gasteiger partial charge >= 0.3 is 5.97 Å². The van der Waals surface area contributed by atoms with Crippen LogP contribution in [0.2, 0.25) is 0 Å². The minimum Gasteiger partial charge on any atom is -0.465 e. The van der Waals surface area contributed by atoms with Crippen molar-refractivity contribution in [1.29, 1.82) is 0 Å². The Bertz CT molecular complexity index is 213. The van der Waals surface area contributed by atoms with Gasteiger partial charge < -0.3 is 4.74 Å². The molecule has 2 nitrogen and oxygen atoms in total. The summed E-state index contributed by atoms with van der Waals surface area (Å²) in [6.45, 7) is 12.7. The van der Waals surface area contributed by atoms with Gasteiger partial charge in [0.25, 0.3) is 0 Å². The molecule has 0 radical (unpaired) electrons. The highest BCUT2D eigenvalue weighted by Crippen LogP contribution is 2.54. The third kappa shape index (κ3) is 3.23. The van der Waals surface area contributed by atoms with Crippen LogP contribution in [0.25, 0.3) is 0 Å². The summed E-state index contributed by atoms with van der Waals surface area (Å²) < 4.78 is 5.06. The lowest BCUT2D eigenvalue weighted by Crippen LogP contribution is -2.22. The number of carbonyl (C=O) groups is 1. The van der Waals surface area contributed by atoms with E-state index in [4.69, 9.17) is 4.74 Å². The van der Waals surface area contributed by atoms with Crippen LogP contribution < -0.4 is 0 Å². The van der Waals surface area contributed by atoms with E-state index < -0.39 is 0 Å². The number of cyclic esters (lactones) is 1. The highest BCUT2D eigenvalue weighted by atomic mass is 16.5. The Morgan fingerprint density at radius 2 is 1.47 bits per heavy atom. The second-order valence-corrected chi connectivity index (χ2v) is 4.15. The zero-order valence-electron chi connectivity index (χ0n) is 12.5. The van der Waals surface area contributed by atoms with E-state index in [1.165, 1.54) is 19.3 Å². The van der Waals surface area contributed by atoms with Crippen LogP contribution in [0.3, 0.4) is 0 Å². The highest BCUT2D eigenvalue weighted by Gasteiger charge is 2.54. The van der Waals surface area contributed by atoms with Crippen molar-refractivity contribution in [1.82, 2.24) is 0 Å². The van der Waals surface area contributed by atoms with E-state index in [2.05, 4.69) is 0 Å². The van der Waals surface area contributed by atoms with Gasteiger partial charge in [0.15, 0.2) is 0 Å². The molecule has 3 fully saturated rings. The molecule has 0 aromatic heterocycles. The number of hydrogen-bond donors (Lipinski definition) is 0. The fraction of sp³-hybridized carbons (Fsp3) is 0.933. The van der Waals surface area contributed by atoms with Gasteiger partial charge in [-0.25, -0.2) is 0 Å². The Kier molecular flexibility index (Phi) is 8.28. The Balaban J connectivity index is 0.000000379. The largest absolute Gasteiger partial charge is 0.465 e. The number of carbonyl (C=O) groups excluding carboxylic acids is 1. The van der Waals surface area contributed by atoms with E-state index in [1.807, 2.05) is 41.5 Å². The summed E-state index contributed by atoms with van der Waals surface area (Å²) in [4.78, 5) is 11.2. The van der Waals surface area contributed by atoms with Crippen LogP contribution in [0.1, 0.15) is 60.8 Å². The van der Waals surface area contributed by atoms with Crippen LogP contribution in [-0.2, 0) is 9.53 Å². The van der Waals surface area contributed by atoms with Crippen molar-refractivity contribution in [3.05, 3.63) is 0 Å². The predicted molar refractivity (Wildman–Crippen MR) is 72.8 cm³/mol. The van der Waals surface area contributed by atoms with Gasteiger partial charge in [-0.1, -0.05) is 41.5 Å². The minimum atomic E-state index is 0.0993. The Morgan fingerprint density at radius 1 is 0.941 bits per heavy atom. The fourth-order valence-corrected chi connectivity index (χ4v) is 3.29. The van der Waals surface area contributed by atoms with Crippen molar-refractivity contribution < 1.29 is 9.53 Å². The lowest BCUT2D eigenvalue weighted by atomic mass is 9.81. The SMILES string of the molecule is CC.CC.CC.O=C1OCC2C3CCC(C3)C12. The van der Waals surface area contributed by atoms with Crippen molar-refractivity contribution in [3.8, 4) is 0 Å². The molecule has 1 heterocycles. The standard InChI is InChI=1S/C9H12O2.3C2H6/c10-9-8-6-2-1-5(3-6)7(8)4-11-9;3*1-2/h5-8H,1-4H2;3*1-2H3. The average Bonchev–Trinajstić information content (AvgIpc) is 3.11. The van der Waals surface area contributed by atoms with Gasteiger partial charge in [0.2, 0.25) is 0 Å². The minimum absolute atomic E-state index is 0.0993. The number of ether oxygens (including phenoxy) is 1. The molecule has 17 heavy (non-hydrogen) atoms. The molecular weight excluding hydrogens is 212 g/mol. The quantitative estimate of drug-likeness (QED) is 0.592. The van der Waals surface area contributed by atoms with Crippen molar-refractivity contribution in [3.63, 3.8) is 0 Å². The first-order chi connectivity index (χ1) is 8.36. The van der Waals surface area contributed by atoms with Crippen LogP contribution in [-0.4, -0.2) is 12.6 Å². The molecule has 1 aliphatic heterocycles. The van der Waals surface area contributed by atoms with Gasteiger partial charge in [-0.2, -0.15) is 0 Å². The van der Waals surface area contributed by atoms with Crippen LogP contribution >= 0.6 is 0 Å². The summed E-state index contributed by atoms with van der Waals surface area (Å²) in [5, 5.41) is 0. The molecule has 102 valence electrons. The zero-order valence-corrected chi connectivity index (χ0v) is 12.5. The first kappa shape index (κ1) is 16.5. The first-order valence-corrected chi connectivity index (χ1v) is 7.53. The Labute approximate surface area is 107 Å². The van der Waals surface area contributed by atoms with E-state index in [9.17, 15) is 4.79 Å². The summed E-state index contributed by atoms with van der Waals surface area (Å²) in [6.07, 6.45) is 3.94. The summed E-state index contributed by atoms with van der Waals surface area (Å²) in [6, 6.07) is 0. The van der Waals surface area contributed by atoms with E-state index >= 15 is 0 Å². The monoisotopic (exact) mass is 242 g/mol. The maximum Gasteiger partial charge on any atom is 0.309 e. The number of fused-ring (bicyclic) bond motifs is 5. The molecule has 0 aromatic rings. The molecule has 4 unspecified atom stereocenters. The maximum absolute atomic E-state index is 11.2. The molecule has 0 spiro atoms. The molecule has 2 saturated carbocycles. The smallest absolute Gasteiger partial charge is 0.309 e. The van der Waals surface area contributed by atoms with Gasteiger partial charge in [-0.05, 0) is 31.1 Å². The number of rotatable bonds is 0. The molecule has 2 heteroatoms. The lowest BCUT2D eigenvalue weighted by Gasteiger charge is -2.19.